The molecule has 2 unspecified atom stereocenters. The molecule has 174 valence electrons. The van der Waals surface area contributed by atoms with Crippen molar-refractivity contribution in [3.8, 4) is 0 Å². The van der Waals surface area contributed by atoms with Crippen molar-refractivity contribution >= 4 is 39.5 Å². The summed E-state index contributed by atoms with van der Waals surface area (Å²) in [4.78, 5) is 36.3. The van der Waals surface area contributed by atoms with Crippen molar-refractivity contribution in [3.63, 3.8) is 0 Å². The van der Waals surface area contributed by atoms with E-state index >= 15 is 0 Å². The van der Waals surface area contributed by atoms with Crippen molar-refractivity contribution in [2.75, 3.05) is 24.5 Å². The van der Waals surface area contributed by atoms with Crippen LogP contribution in [0.4, 0.5) is 15.4 Å². The van der Waals surface area contributed by atoms with Gasteiger partial charge in [0.2, 0.25) is 0 Å². The summed E-state index contributed by atoms with van der Waals surface area (Å²) in [5, 5.41) is 4.24. The highest BCUT2D eigenvalue weighted by Gasteiger charge is 2.43. The SMILES string of the molecule is CC(C)C1CN(CC2CCCN2C(=O)OC(C)(C)C)C(=O)N1c1ccn2ncc(Br)c2n1. The average molecular weight is 507 g/mol. The molecule has 2 aromatic heterocycles. The van der Waals surface area contributed by atoms with Gasteiger partial charge >= 0.3 is 12.1 Å². The Labute approximate surface area is 196 Å². The summed E-state index contributed by atoms with van der Waals surface area (Å²) in [7, 11) is 0. The number of aromatic nitrogens is 3. The molecule has 2 aliphatic rings. The van der Waals surface area contributed by atoms with Crippen LogP contribution in [0.15, 0.2) is 22.9 Å². The number of anilines is 1. The number of hydrogen-bond donors (Lipinski definition) is 0. The number of hydrogen-bond acceptors (Lipinski definition) is 5. The van der Waals surface area contributed by atoms with Crippen LogP contribution in [0, 0.1) is 5.92 Å². The second-order valence-corrected chi connectivity index (χ2v) is 10.7. The van der Waals surface area contributed by atoms with E-state index in [2.05, 4.69) is 34.9 Å². The smallest absolute Gasteiger partial charge is 0.410 e. The number of rotatable bonds is 4. The molecule has 2 fully saturated rings. The van der Waals surface area contributed by atoms with E-state index in [0.29, 0.717) is 31.1 Å². The molecular formula is C22H31BrN6O3. The highest BCUT2D eigenvalue weighted by atomic mass is 79.9. The van der Waals surface area contributed by atoms with Crippen LogP contribution in [0.1, 0.15) is 47.5 Å². The maximum atomic E-state index is 13.5. The minimum atomic E-state index is -0.542. The van der Waals surface area contributed by atoms with Gasteiger partial charge in [-0.2, -0.15) is 5.10 Å². The van der Waals surface area contributed by atoms with Crippen LogP contribution in [-0.2, 0) is 4.74 Å². The maximum Gasteiger partial charge on any atom is 0.410 e. The van der Waals surface area contributed by atoms with Gasteiger partial charge < -0.3 is 14.5 Å². The molecule has 0 radical (unpaired) electrons. The van der Waals surface area contributed by atoms with E-state index < -0.39 is 5.60 Å². The molecule has 0 aromatic carbocycles. The summed E-state index contributed by atoms with van der Waals surface area (Å²) in [6.07, 6.45) is 4.98. The molecule has 0 spiro atoms. The highest BCUT2D eigenvalue weighted by Crippen LogP contribution is 2.30. The molecule has 4 heterocycles. The molecule has 2 aliphatic heterocycles. The Kier molecular flexibility index (Phi) is 6.08. The molecule has 2 aromatic rings. The molecule has 0 aliphatic carbocycles. The first-order chi connectivity index (χ1) is 15.0. The molecule has 3 amide bonds. The second kappa shape index (κ2) is 8.53. The van der Waals surface area contributed by atoms with Gasteiger partial charge in [0, 0.05) is 25.8 Å². The second-order valence-electron chi connectivity index (χ2n) is 9.89. The monoisotopic (exact) mass is 506 g/mol. The quantitative estimate of drug-likeness (QED) is 0.621. The van der Waals surface area contributed by atoms with E-state index in [1.54, 1.807) is 20.5 Å². The van der Waals surface area contributed by atoms with E-state index in [1.165, 1.54) is 0 Å². The first-order valence-corrected chi connectivity index (χ1v) is 11.9. The Hall–Kier alpha value is -2.36. The van der Waals surface area contributed by atoms with E-state index in [1.807, 2.05) is 37.9 Å². The number of nitrogens with zero attached hydrogens (tertiary/aromatic N) is 6. The topological polar surface area (TPSA) is 83.3 Å². The van der Waals surface area contributed by atoms with Crippen LogP contribution in [0.5, 0.6) is 0 Å². The lowest BCUT2D eigenvalue weighted by molar-refractivity contribution is 0.0208. The molecule has 32 heavy (non-hydrogen) atoms. The Morgan fingerprint density at radius 3 is 2.78 bits per heavy atom. The van der Waals surface area contributed by atoms with Crippen molar-refractivity contribution < 1.29 is 14.3 Å². The van der Waals surface area contributed by atoms with Gasteiger partial charge in [-0.25, -0.2) is 19.1 Å². The van der Waals surface area contributed by atoms with Crippen molar-refractivity contribution in [2.24, 2.45) is 5.92 Å². The summed E-state index contributed by atoms with van der Waals surface area (Å²) in [6, 6.07) is 1.70. The standard InChI is InChI=1S/C22H31BrN6O3/c1-14(2)17-13-26(12-15-7-6-9-27(15)21(31)32-22(3,4)5)20(30)29(17)18-8-10-28-19(25-18)16(23)11-24-28/h8,10-11,14-15,17H,6-7,9,12-13H2,1-5H3. The lowest BCUT2D eigenvalue weighted by atomic mass is 10.0. The Morgan fingerprint density at radius 1 is 1.34 bits per heavy atom. The highest BCUT2D eigenvalue weighted by molar-refractivity contribution is 9.10. The zero-order valence-electron chi connectivity index (χ0n) is 19.3. The van der Waals surface area contributed by atoms with Crippen molar-refractivity contribution in [1.82, 2.24) is 24.4 Å². The van der Waals surface area contributed by atoms with Gasteiger partial charge in [-0.3, -0.25) is 4.90 Å². The molecule has 2 atom stereocenters. The number of ether oxygens (including phenoxy) is 1. The summed E-state index contributed by atoms with van der Waals surface area (Å²) < 4.78 is 8.04. The van der Waals surface area contributed by atoms with Crippen LogP contribution in [0.2, 0.25) is 0 Å². The molecule has 4 rings (SSSR count). The van der Waals surface area contributed by atoms with E-state index in [4.69, 9.17) is 9.72 Å². The van der Waals surface area contributed by atoms with Crippen molar-refractivity contribution in [1.29, 1.82) is 0 Å². The number of carbonyl (C=O) groups is 2. The van der Waals surface area contributed by atoms with Crippen LogP contribution >= 0.6 is 15.9 Å². The maximum absolute atomic E-state index is 13.5. The van der Waals surface area contributed by atoms with Crippen LogP contribution in [0.25, 0.3) is 5.65 Å². The van der Waals surface area contributed by atoms with Gasteiger partial charge in [-0.15, -0.1) is 0 Å². The minimum absolute atomic E-state index is 0.00414. The average Bonchev–Trinajstić information content (AvgIpc) is 3.39. The van der Waals surface area contributed by atoms with Gasteiger partial charge in [0.15, 0.2) is 5.65 Å². The Bertz CT molecular complexity index is 1020. The number of carbonyl (C=O) groups excluding carboxylic acids is 2. The third kappa shape index (κ3) is 4.42. The third-order valence-corrected chi connectivity index (χ3v) is 6.54. The largest absolute Gasteiger partial charge is 0.444 e. The van der Waals surface area contributed by atoms with Crippen molar-refractivity contribution in [2.45, 2.75) is 65.1 Å². The van der Waals surface area contributed by atoms with Crippen LogP contribution in [-0.4, -0.2) is 73.8 Å². The Morgan fingerprint density at radius 2 is 2.09 bits per heavy atom. The molecule has 9 nitrogen and oxygen atoms in total. The zero-order chi connectivity index (χ0) is 23.2. The number of fused-ring (bicyclic) bond motifs is 1. The first-order valence-electron chi connectivity index (χ1n) is 11.1. The number of urea groups is 1. The summed E-state index contributed by atoms with van der Waals surface area (Å²) >= 11 is 3.47. The molecule has 0 saturated carbocycles. The van der Waals surface area contributed by atoms with Gasteiger partial charge in [0.25, 0.3) is 0 Å². The summed E-state index contributed by atoms with van der Waals surface area (Å²) in [5.41, 5.74) is 0.127. The molecule has 0 bridgehead atoms. The zero-order valence-corrected chi connectivity index (χ0v) is 20.9. The number of halogens is 1. The first kappa shape index (κ1) is 22.8. The third-order valence-electron chi connectivity index (χ3n) is 5.98. The predicted octanol–water partition coefficient (Wildman–Crippen LogP) is 4.16. The van der Waals surface area contributed by atoms with E-state index in [9.17, 15) is 9.59 Å². The fourth-order valence-corrected chi connectivity index (χ4v) is 4.78. The van der Waals surface area contributed by atoms with Gasteiger partial charge in [-0.1, -0.05) is 13.8 Å². The molecule has 10 heteroatoms. The number of likely N-dealkylation sites (tertiary alicyclic amines) is 1. The Balaban J connectivity index is 1.55. The lowest BCUT2D eigenvalue weighted by Crippen LogP contribution is -2.46. The van der Waals surface area contributed by atoms with Gasteiger partial charge in [-0.05, 0) is 61.5 Å². The lowest BCUT2D eigenvalue weighted by Gasteiger charge is -2.30. The summed E-state index contributed by atoms with van der Waals surface area (Å²) in [5.74, 6) is 0.862. The molecule has 0 N–H and O–H groups in total. The van der Waals surface area contributed by atoms with E-state index in [0.717, 1.165) is 17.3 Å². The fraction of sp³-hybridized carbons (Fsp3) is 0.636. The number of amides is 3. The van der Waals surface area contributed by atoms with Gasteiger partial charge in [0.1, 0.15) is 11.4 Å². The van der Waals surface area contributed by atoms with Crippen LogP contribution < -0.4 is 4.90 Å². The fourth-order valence-electron chi connectivity index (χ4n) is 4.42. The van der Waals surface area contributed by atoms with Crippen LogP contribution in [0.3, 0.4) is 0 Å². The summed E-state index contributed by atoms with van der Waals surface area (Å²) in [6.45, 7) is 11.6. The predicted molar refractivity (Wildman–Crippen MR) is 125 cm³/mol. The minimum Gasteiger partial charge on any atom is -0.444 e. The molecule has 2 saturated heterocycles. The molecular weight excluding hydrogens is 476 g/mol. The van der Waals surface area contributed by atoms with Crippen molar-refractivity contribution in [3.05, 3.63) is 22.9 Å². The van der Waals surface area contributed by atoms with E-state index in [-0.39, 0.29) is 30.1 Å². The normalized spacial score (nSPS) is 22.0. The van der Waals surface area contributed by atoms with Gasteiger partial charge in [0.05, 0.1) is 22.8 Å².